The first-order valence-corrected chi connectivity index (χ1v) is 12.5. The lowest BCUT2D eigenvalue weighted by molar-refractivity contribution is -0.142. The zero-order valence-electron chi connectivity index (χ0n) is 19.2. The maximum Gasteiger partial charge on any atom is 0.329 e. The van der Waals surface area contributed by atoms with Crippen LogP contribution in [-0.2, 0) is 19.6 Å². The summed E-state index contributed by atoms with van der Waals surface area (Å²) in [7, 11) is -3.98. The number of pyridine rings is 1. The van der Waals surface area contributed by atoms with Gasteiger partial charge in [0.15, 0.2) is 0 Å². The summed E-state index contributed by atoms with van der Waals surface area (Å²) < 4.78 is 34.0. The number of ether oxygens (including phenoxy) is 1. The Kier molecular flexibility index (Phi) is 8.43. The third kappa shape index (κ3) is 5.82. The highest BCUT2D eigenvalue weighted by Gasteiger charge is 2.31. The summed E-state index contributed by atoms with van der Waals surface area (Å²) in [5.74, 6) is -1.12. The van der Waals surface area contributed by atoms with Crippen molar-refractivity contribution < 1.29 is 23.1 Å². The molecule has 7 nitrogen and oxygen atoms in total. The fourth-order valence-corrected chi connectivity index (χ4v) is 5.84. The average molecular weight is 503 g/mol. The molecule has 0 fully saturated rings. The van der Waals surface area contributed by atoms with E-state index in [-0.39, 0.29) is 18.0 Å². The topological polar surface area (TPSA) is 96.8 Å². The minimum Gasteiger partial charge on any atom is -0.480 e. The molecule has 9 heteroatoms. The summed E-state index contributed by atoms with van der Waals surface area (Å²) in [5.41, 5.74) is 4.20. The Bertz CT molecular complexity index is 1280. The third-order valence-electron chi connectivity index (χ3n) is 5.62. The Hall–Kier alpha value is -2.78. The zero-order chi connectivity index (χ0) is 24.9. The van der Waals surface area contributed by atoms with Crippen LogP contribution in [0.15, 0.2) is 65.8 Å². The fraction of sp³-hybridized carbons (Fsp3) is 0.280. The first-order chi connectivity index (χ1) is 16.1. The Morgan fingerprint density at radius 3 is 2.62 bits per heavy atom. The number of sulfonamides is 1. The van der Waals surface area contributed by atoms with Crippen LogP contribution in [0.1, 0.15) is 29.7 Å². The summed E-state index contributed by atoms with van der Waals surface area (Å²) in [6.45, 7) is 4.82. The van der Waals surface area contributed by atoms with E-state index in [1.54, 1.807) is 38.4 Å². The zero-order valence-corrected chi connectivity index (χ0v) is 20.8. The SMILES string of the molecule is Cc1cnccc1-c1cccc([C@H](C)N(CCOCC(=O)O)S(=O)(=O)c2cccc(Cl)c2C)c1. The van der Waals surface area contributed by atoms with Crippen LogP contribution in [0, 0.1) is 13.8 Å². The number of carboxylic acids is 1. The van der Waals surface area contributed by atoms with Crippen molar-refractivity contribution in [3.05, 3.63) is 82.6 Å². The molecule has 0 aliphatic rings. The lowest BCUT2D eigenvalue weighted by Crippen LogP contribution is -2.37. The van der Waals surface area contributed by atoms with Crippen LogP contribution in [0.3, 0.4) is 0 Å². The van der Waals surface area contributed by atoms with Crippen molar-refractivity contribution in [2.24, 2.45) is 0 Å². The second kappa shape index (κ2) is 11.1. The Morgan fingerprint density at radius 2 is 1.91 bits per heavy atom. The van der Waals surface area contributed by atoms with Crippen molar-refractivity contribution in [1.29, 1.82) is 0 Å². The van der Waals surface area contributed by atoms with E-state index in [1.807, 2.05) is 37.3 Å². The van der Waals surface area contributed by atoms with E-state index in [4.69, 9.17) is 21.4 Å². The number of halogens is 1. The van der Waals surface area contributed by atoms with Crippen LogP contribution in [0.2, 0.25) is 5.02 Å². The lowest BCUT2D eigenvalue weighted by Gasteiger charge is -2.29. The number of hydrogen-bond acceptors (Lipinski definition) is 5. The standard InChI is InChI=1S/C25H27ClN2O5S/c1-17-15-27-11-10-22(17)21-7-4-6-20(14-21)19(3)28(12-13-33-16-25(29)30)34(31,32)24-9-5-8-23(26)18(24)2/h4-11,14-15,19H,12-13,16H2,1-3H3,(H,29,30)/t19-/m0/s1. The number of carboxylic acid groups (broad SMARTS) is 1. The third-order valence-corrected chi connectivity index (χ3v) is 8.14. The summed E-state index contributed by atoms with van der Waals surface area (Å²) in [6.07, 6.45) is 3.50. The second-order valence-electron chi connectivity index (χ2n) is 7.92. The number of aromatic nitrogens is 1. The monoisotopic (exact) mass is 502 g/mol. The molecule has 34 heavy (non-hydrogen) atoms. The molecule has 180 valence electrons. The molecule has 0 unspecified atom stereocenters. The maximum atomic E-state index is 13.7. The molecule has 0 spiro atoms. The van der Waals surface area contributed by atoms with Gasteiger partial charge in [0.2, 0.25) is 10.0 Å². The number of aliphatic carboxylic acids is 1. The van der Waals surface area contributed by atoms with Gasteiger partial charge in [-0.3, -0.25) is 4.98 Å². The van der Waals surface area contributed by atoms with Gasteiger partial charge in [-0.15, -0.1) is 0 Å². The van der Waals surface area contributed by atoms with Gasteiger partial charge in [0.1, 0.15) is 6.61 Å². The molecule has 1 aromatic heterocycles. The van der Waals surface area contributed by atoms with Crippen LogP contribution in [0.5, 0.6) is 0 Å². The normalized spacial score (nSPS) is 12.6. The maximum absolute atomic E-state index is 13.7. The number of benzene rings is 2. The molecular formula is C25H27ClN2O5S. The molecule has 0 saturated carbocycles. The summed E-state index contributed by atoms with van der Waals surface area (Å²) in [4.78, 5) is 15.1. The Morgan fingerprint density at radius 1 is 1.18 bits per heavy atom. The average Bonchev–Trinajstić information content (AvgIpc) is 2.80. The molecular weight excluding hydrogens is 476 g/mol. The van der Waals surface area contributed by atoms with Crippen LogP contribution in [-0.4, -0.2) is 48.5 Å². The van der Waals surface area contributed by atoms with Gasteiger partial charge in [-0.05, 0) is 72.9 Å². The van der Waals surface area contributed by atoms with E-state index < -0.39 is 28.6 Å². The van der Waals surface area contributed by atoms with Gasteiger partial charge in [0, 0.05) is 30.0 Å². The van der Waals surface area contributed by atoms with Gasteiger partial charge in [0.25, 0.3) is 0 Å². The second-order valence-corrected chi connectivity index (χ2v) is 10.2. The first-order valence-electron chi connectivity index (χ1n) is 10.7. The van der Waals surface area contributed by atoms with Crippen LogP contribution < -0.4 is 0 Å². The lowest BCUT2D eigenvalue weighted by atomic mass is 9.98. The predicted octanol–water partition coefficient (Wildman–Crippen LogP) is 4.87. The number of rotatable bonds is 10. The quantitative estimate of drug-likeness (QED) is 0.397. The predicted molar refractivity (Wildman–Crippen MR) is 131 cm³/mol. The Balaban J connectivity index is 2.01. The largest absolute Gasteiger partial charge is 0.480 e. The minimum atomic E-state index is -3.98. The molecule has 0 aliphatic heterocycles. The fourth-order valence-electron chi connectivity index (χ4n) is 3.76. The van der Waals surface area contributed by atoms with Crippen LogP contribution in [0.4, 0.5) is 0 Å². The van der Waals surface area contributed by atoms with Gasteiger partial charge in [0.05, 0.1) is 11.5 Å². The van der Waals surface area contributed by atoms with E-state index in [1.165, 1.54) is 10.4 Å². The minimum absolute atomic E-state index is 0.0265. The first kappa shape index (κ1) is 25.8. The molecule has 3 rings (SSSR count). The molecule has 0 bridgehead atoms. The van der Waals surface area contributed by atoms with Crippen molar-refractivity contribution in [1.82, 2.24) is 9.29 Å². The van der Waals surface area contributed by atoms with Crippen molar-refractivity contribution >= 4 is 27.6 Å². The smallest absolute Gasteiger partial charge is 0.329 e. The molecule has 1 N–H and O–H groups in total. The molecule has 3 aromatic rings. The number of carbonyl (C=O) groups is 1. The highest BCUT2D eigenvalue weighted by Crippen LogP contribution is 2.33. The van der Waals surface area contributed by atoms with Crippen molar-refractivity contribution in [3.8, 4) is 11.1 Å². The van der Waals surface area contributed by atoms with Gasteiger partial charge in [-0.1, -0.05) is 35.9 Å². The van der Waals surface area contributed by atoms with Crippen molar-refractivity contribution in [2.75, 3.05) is 19.8 Å². The van der Waals surface area contributed by atoms with Gasteiger partial charge in [-0.2, -0.15) is 4.31 Å². The number of aryl methyl sites for hydroxylation is 1. The summed E-state index contributed by atoms with van der Waals surface area (Å²) in [5, 5.41) is 9.21. The van der Waals surface area contributed by atoms with Crippen molar-refractivity contribution in [2.45, 2.75) is 31.7 Å². The van der Waals surface area contributed by atoms with E-state index in [0.717, 1.165) is 22.3 Å². The van der Waals surface area contributed by atoms with Crippen LogP contribution >= 0.6 is 11.6 Å². The summed E-state index contributed by atoms with van der Waals surface area (Å²) >= 11 is 6.21. The number of nitrogens with zero attached hydrogens (tertiary/aromatic N) is 2. The molecule has 2 aromatic carbocycles. The number of hydrogen-bond donors (Lipinski definition) is 1. The van der Waals surface area contributed by atoms with Gasteiger partial charge < -0.3 is 9.84 Å². The van der Waals surface area contributed by atoms with Crippen molar-refractivity contribution in [3.63, 3.8) is 0 Å². The molecule has 1 heterocycles. The van der Waals surface area contributed by atoms with E-state index in [0.29, 0.717) is 10.6 Å². The summed E-state index contributed by atoms with van der Waals surface area (Å²) in [6, 6.07) is 13.8. The highest BCUT2D eigenvalue weighted by atomic mass is 35.5. The highest BCUT2D eigenvalue weighted by molar-refractivity contribution is 7.89. The Labute approximate surface area is 205 Å². The van der Waals surface area contributed by atoms with Crippen LogP contribution in [0.25, 0.3) is 11.1 Å². The van der Waals surface area contributed by atoms with Gasteiger partial charge in [-0.25, -0.2) is 13.2 Å². The molecule has 1 atom stereocenters. The molecule has 0 saturated heterocycles. The molecule has 0 radical (unpaired) electrons. The van der Waals surface area contributed by atoms with E-state index in [9.17, 15) is 13.2 Å². The van der Waals surface area contributed by atoms with E-state index in [2.05, 4.69) is 4.98 Å². The molecule has 0 amide bonds. The van der Waals surface area contributed by atoms with E-state index >= 15 is 0 Å². The molecule has 0 aliphatic carbocycles. The van der Waals surface area contributed by atoms with Gasteiger partial charge >= 0.3 is 5.97 Å².